The molecule has 10 nitrogen and oxygen atoms in total. The topological polar surface area (TPSA) is 164 Å². The second-order valence-corrected chi connectivity index (χ2v) is 2.33. The number of nitrogens with zero attached hydrogens (tertiary/aromatic N) is 2. The van der Waals surface area contributed by atoms with Crippen molar-refractivity contribution < 1.29 is 19.6 Å². The molecule has 0 fully saturated rings. The van der Waals surface area contributed by atoms with Gasteiger partial charge in [-0.1, -0.05) is 0 Å². The first-order valence-corrected chi connectivity index (χ1v) is 3.46. The molecule has 80 valence electrons. The first-order valence-electron chi connectivity index (χ1n) is 3.46. The van der Waals surface area contributed by atoms with Gasteiger partial charge in [-0.25, -0.2) is 10.6 Å². The van der Waals surface area contributed by atoms with Gasteiger partial charge in [0.25, 0.3) is 5.91 Å². The Bertz CT molecular complexity index is 437. The number of carbonyl (C=O) groups excluding carboxylic acids is 1. The van der Waals surface area contributed by atoms with E-state index in [1.807, 2.05) is 5.10 Å². The van der Waals surface area contributed by atoms with E-state index in [4.69, 9.17) is 10.9 Å². The number of nitrogen functional groups attached to an aromatic ring is 1. The van der Waals surface area contributed by atoms with Crippen molar-refractivity contribution in [1.29, 1.82) is 0 Å². The number of hydrogen-bond donors (Lipinski definition) is 4. The molecule has 15 heavy (non-hydrogen) atoms. The van der Waals surface area contributed by atoms with Crippen LogP contribution in [-0.2, 0) is 0 Å². The van der Waals surface area contributed by atoms with E-state index in [2.05, 4.69) is 5.10 Å². The van der Waals surface area contributed by atoms with Gasteiger partial charge in [-0.05, 0) is 0 Å². The Labute approximate surface area is 81.2 Å². The van der Waals surface area contributed by atoms with Crippen molar-refractivity contribution >= 4 is 17.6 Å². The molecule has 0 saturated carbocycles. The van der Waals surface area contributed by atoms with E-state index in [0.29, 0.717) is 0 Å². The van der Waals surface area contributed by atoms with E-state index in [9.17, 15) is 19.7 Å². The van der Waals surface area contributed by atoms with Gasteiger partial charge in [-0.15, -0.1) is 0 Å². The Balaban J connectivity index is 3.36. The standard InChI is InChI=1S/C5H5N5O5/c6-7-4(11)1-3(10(14)15)2(5(12)13)9-8-1/h6H2,(H,7,11)(H,8,9)(H,12,13). The van der Waals surface area contributed by atoms with Crippen molar-refractivity contribution in [3.05, 3.63) is 21.5 Å². The number of hydrazine groups is 1. The van der Waals surface area contributed by atoms with Crippen LogP contribution in [0, 0.1) is 10.1 Å². The first kappa shape index (κ1) is 10.6. The smallest absolute Gasteiger partial charge is 0.361 e. The van der Waals surface area contributed by atoms with Crippen LogP contribution in [0.25, 0.3) is 0 Å². The first-order chi connectivity index (χ1) is 6.99. The zero-order valence-electron chi connectivity index (χ0n) is 7.05. The van der Waals surface area contributed by atoms with Crippen molar-refractivity contribution in [2.75, 3.05) is 0 Å². The van der Waals surface area contributed by atoms with Gasteiger partial charge in [0.15, 0.2) is 0 Å². The molecule has 0 saturated heterocycles. The normalized spacial score (nSPS) is 9.67. The monoisotopic (exact) mass is 215 g/mol. The van der Waals surface area contributed by atoms with Gasteiger partial charge in [0.05, 0.1) is 4.92 Å². The summed E-state index contributed by atoms with van der Waals surface area (Å²) in [6.45, 7) is 0. The summed E-state index contributed by atoms with van der Waals surface area (Å²) in [5.74, 6) is 2.09. The summed E-state index contributed by atoms with van der Waals surface area (Å²) in [6, 6.07) is 0. The second-order valence-electron chi connectivity index (χ2n) is 2.33. The van der Waals surface area contributed by atoms with E-state index in [-0.39, 0.29) is 0 Å². The minimum atomic E-state index is -1.59. The van der Waals surface area contributed by atoms with Crippen molar-refractivity contribution in [2.45, 2.75) is 0 Å². The van der Waals surface area contributed by atoms with Gasteiger partial charge in [0.2, 0.25) is 11.4 Å². The Morgan fingerprint density at radius 3 is 2.60 bits per heavy atom. The van der Waals surface area contributed by atoms with Crippen molar-refractivity contribution in [3.8, 4) is 0 Å². The number of carboxylic acids is 1. The maximum atomic E-state index is 11.0. The summed E-state index contributed by atoms with van der Waals surface area (Å²) in [6.07, 6.45) is 0. The number of nitrogens with one attached hydrogen (secondary N) is 2. The number of nitrogens with two attached hydrogens (primary N) is 1. The van der Waals surface area contributed by atoms with Crippen LogP contribution in [0.1, 0.15) is 21.0 Å². The van der Waals surface area contributed by atoms with Crippen LogP contribution in [0.15, 0.2) is 0 Å². The Hall–Kier alpha value is -2.49. The van der Waals surface area contributed by atoms with Crippen molar-refractivity contribution in [2.24, 2.45) is 5.84 Å². The molecule has 1 rings (SSSR count). The molecule has 0 bridgehead atoms. The summed E-state index contributed by atoms with van der Waals surface area (Å²) < 4.78 is 0. The summed E-state index contributed by atoms with van der Waals surface area (Å²) in [5, 5.41) is 24.1. The van der Waals surface area contributed by atoms with Crippen LogP contribution in [-0.4, -0.2) is 32.1 Å². The van der Waals surface area contributed by atoms with E-state index in [1.165, 1.54) is 0 Å². The number of amides is 1. The number of aromatic amines is 1. The molecule has 0 atom stereocenters. The van der Waals surface area contributed by atoms with Crippen LogP contribution >= 0.6 is 0 Å². The van der Waals surface area contributed by atoms with Crippen LogP contribution in [0.4, 0.5) is 5.69 Å². The molecule has 5 N–H and O–H groups in total. The van der Waals surface area contributed by atoms with Crippen LogP contribution in [0.5, 0.6) is 0 Å². The number of aromatic nitrogens is 2. The summed E-state index contributed by atoms with van der Waals surface area (Å²) in [7, 11) is 0. The minimum Gasteiger partial charge on any atom is -0.476 e. The lowest BCUT2D eigenvalue weighted by atomic mass is 10.3. The Morgan fingerprint density at radius 2 is 2.20 bits per heavy atom. The molecule has 0 aromatic carbocycles. The maximum absolute atomic E-state index is 11.0. The van der Waals surface area contributed by atoms with Crippen molar-refractivity contribution in [3.63, 3.8) is 0 Å². The average Bonchev–Trinajstić information content (AvgIpc) is 2.60. The Morgan fingerprint density at radius 1 is 1.60 bits per heavy atom. The summed E-state index contributed by atoms with van der Waals surface area (Å²) in [5.41, 5.74) is -0.775. The van der Waals surface area contributed by atoms with E-state index in [0.717, 1.165) is 0 Å². The molecule has 10 heteroatoms. The fourth-order valence-corrected chi connectivity index (χ4v) is 0.890. The molecule has 0 radical (unpaired) electrons. The van der Waals surface area contributed by atoms with Crippen molar-refractivity contribution in [1.82, 2.24) is 15.6 Å². The second kappa shape index (κ2) is 3.71. The maximum Gasteiger partial charge on any atom is 0.361 e. The SMILES string of the molecule is NNC(=O)c1n[nH]c(C(=O)O)c1[N+](=O)[O-]. The lowest BCUT2D eigenvalue weighted by molar-refractivity contribution is -0.385. The molecule has 0 unspecified atom stereocenters. The predicted octanol–water partition coefficient (Wildman–Crippen LogP) is -1.38. The molecule has 1 amide bonds. The highest BCUT2D eigenvalue weighted by Crippen LogP contribution is 2.20. The largest absolute Gasteiger partial charge is 0.476 e. The van der Waals surface area contributed by atoms with Gasteiger partial charge in [-0.3, -0.25) is 25.4 Å². The van der Waals surface area contributed by atoms with Gasteiger partial charge in [0, 0.05) is 0 Å². The number of hydrogen-bond acceptors (Lipinski definition) is 6. The van der Waals surface area contributed by atoms with Gasteiger partial charge in [-0.2, -0.15) is 5.10 Å². The average molecular weight is 215 g/mol. The quantitative estimate of drug-likeness (QED) is 0.208. The molecule has 1 aromatic heterocycles. The number of carboxylic acid groups (broad SMARTS) is 1. The van der Waals surface area contributed by atoms with E-state index >= 15 is 0 Å². The van der Waals surface area contributed by atoms with Crippen LogP contribution in [0.2, 0.25) is 0 Å². The molecular formula is C5H5N5O5. The lowest BCUT2D eigenvalue weighted by Gasteiger charge is -1.93. The molecule has 0 aliphatic rings. The Kier molecular flexibility index (Phi) is 2.62. The number of nitro groups is 1. The molecule has 0 aliphatic carbocycles. The highest BCUT2D eigenvalue weighted by atomic mass is 16.6. The van der Waals surface area contributed by atoms with Crippen LogP contribution < -0.4 is 11.3 Å². The number of H-pyrrole nitrogens is 1. The molecular weight excluding hydrogens is 210 g/mol. The van der Waals surface area contributed by atoms with Crippen LogP contribution in [0.3, 0.4) is 0 Å². The zero-order valence-corrected chi connectivity index (χ0v) is 7.05. The third-order valence-corrected chi connectivity index (χ3v) is 1.48. The number of aromatic carboxylic acids is 1. The molecule has 0 aliphatic heterocycles. The predicted molar refractivity (Wildman–Crippen MR) is 43.9 cm³/mol. The summed E-state index contributed by atoms with van der Waals surface area (Å²) >= 11 is 0. The summed E-state index contributed by atoms with van der Waals surface area (Å²) in [4.78, 5) is 30.9. The van der Waals surface area contributed by atoms with E-state index in [1.54, 1.807) is 5.43 Å². The number of carbonyl (C=O) groups is 2. The number of rotatable bonds is 3. The highest BCUT2D eigenvalue weighted by molar-refractivity contribution is 6.01. The van der Waals surface area contributed by atoms with Gasteiger partial charge >= 0.3 is 11.7 Å². The van der Waals surface area contributed by atoms with Gasteiger partial charge < -0.3 is 5.11 Å². The van der Waals surface area contributed by atoms with Gasteiger partial charge in [0.1, 0.15) is 0 Å². The highest BCUT2D eigenvalue weighted by Gasteiger charge is 2.32. The minimum absolute atomic E-state index is 0.681. The fraction of sp³-hybridized carbons (Fsp3) is 0. The molecule has 1 heterocycles. The fourth-order valence-electron chi connectivity index (χ4n) is 0.890. The lowest BCUT2D eigenvalue weighted by Crippen LogP contribution is -2.30. The molecule has 0 spiro atoms. The third-order valence-electron chi connectivity index (χ3n) is 1.48. The van der Waals surface area contributed by atoms with E-state index < -0.39 is 33.9 Å². The molecule has 1 aromatic rings. The third kappa shape index (κ3) is 1.73. The zero-order chi connectivity index (χ0) is 11.6.